The molecule has 2 N–H and O–H groups in total. The van der Waals surface area contributed by atoms with Crippen LogP contribution in [0.25, 0.3) is 0 Å². The number of carbonyl (C=O) groups is 1. The lowest BCUT2D eigenvalue weighted by Gasteiger charge is -2.35. The number of nitrogens with zero attached hydrogens (tertiary/aromatic N) is 1. The molecule has 0 radical (unpaired) electrons. The quantitative estimate of drug-likeness (QED) is 0.715. The maximum Gasteiger partial charge on any atom is 0.323 e. The Bertz CT molecular complexity index is 225. The Balaban J connectivity index is 2.50. The van der Waals surface area contributed by atoms with E-state index < -0.39 is 0 Å². The highest BCUT2D eigenvalue weighted by Gasteiger charge is 2.29. The smallest absolute Gasteiger partial charge is 0.323 e. The molecule has 0 aromatic carbocycles. The van der Waals surface area contributed by atoms with Crippen LogP contribution in [0.1, 0.15) is 39.5 Å². The summed E-state index contributed by atoms with van der Waals surface area (Å²) in [5.41, 5.74) is 5.68. The van der Waals surface area contributed by atoms with Crippen molar-refractivity contribution < 1.29 is 9.53 Å². The largest absolute Gasteiger partial charge is 0.465 e. The molecule has 1 fully saturated rings. The summed E-state index contributed by atoms with van der Waals surface area (Å²) < 4.78 is 5.16. The van der Waals surface area contributed by atoms with Crippen LogP contribution in [-0.2, 0) is 9.53 Å². The maximum absolute atomic E-state index is 11.9. The summed E-state index contributed by atoms with van der Waals surface area (Å²) in [5, 5.41) is 0. The number of nitrogens with two attached hydrogens (primary N) is 1. The summed E-state index contributed by atoms with van der Waals surface area (Å²) in [6, 6.07) is -0.0429. The number of rotatable bonds is 6. The van der Waals surface area contributed by atoms with Gasteiger partial charge in [-0.15, -0.1) is 0 Å². The predicted octanol–water partition coefficient (Wildman–Crippen LogP) is 1.39. The van der Waals surface area contributed by atoms with Crippen LogP contribution in [0, 0.1) is 5.92 Å². The maximum atomic E-state index is 11.9. The zero-order chi connectivity index (χ0) is 12.7. The first-order valence-electron chi connectivity index (χ1n) is 6.83. The minimum absolute atomic E-state index is 0.0429. The Kier molecular flexibility index (Phi) is 6.52. The first-order valence-corrected chi connectivity index (χ1v) is 6.83. The fourth-order valence-electron chi connectivity index (χ4n) is 2.46. The van der Waals surface area contributed by atoms with Gasteiger partial charge in [0.2, 0.25) is 0 Å². The zero-order valence-corrected chi connectivity index (χ0v) is 11.2. The zero-order valence-electron chi connectivity index (χ0n) is 11.2. The molecule has 17 heavy (non-hydrogen) atoms. The van der Waals surface area contributed by atoms with Crippen LogP contribution in [0.4, 0.5) is 0 Å². The predicted molar refractivity (Wildman–Crippen MR) is 68.7 cm³/mol. The molecule has 0 bridgehead atoms. The van der Waals surface area contributed by atoms with E-state index in [9.17, 15) is 4.79 Å². The van der Waals surface area contributed by atoms with Crippen molar-refractivity contribution in [2.24, 2.45) is 11.7 Å². The minimum Gasteiger partial charge on any atom is -0.465 e. The Labute approximate surface area is 104 Å². The molecule has 0 saturated carbocycles. The van der Waals surface area contributed by atoms with Crippen LogP contribution >= 0.6 is 0 Å². The van der Waals surface area contributed by atoms with Crippen molar-refractivity contribution in [2.75, 3.05) is 26.2 Å². The molecule has 1 unspecified atom stereocenters. The van der Waals surface area contributed by atoms with Crippen LogP contribution in [0.2, 0.25) is 0 Å². The molecule has 0 amide bonds. The van der Waals surface area contributed by atoms with E-state index in [1.165, 1.54) is 0 Å². The van der Waals surface area contributed by atoms with Crippen molar-refractivity contribution in [2.45, 2.75) is 45.6 Å². The molecular weight excluding hydrogens is 216 g/mol. The fraction of sp³-hybridized carbons (Fsp3) is 0.923. The number of piperidine rings is 1. The standard InChI is InChI=1S/C13H26N2O2/c1-3-5-12(13(16)17-4-2)15-8-6-11(10-14)7-9-15/h11-12H,3-10,14H2,1-2H3. The van der Waals surface area contributed by atoms with Gasteiger partial charge in [0.15, 0.2) is 0 Å². The second kappa shape index (κ2) is 7.67. The molecule has 1 heterocycles. The number of hydrogen-bond acceptors (Lipinski definition) is 4. The molecule has 4 heteroatoms. The van der Waals surface area contributed by atoms with Gasteiger partial charge in [-0.05, 0) is 51.7 Å². The number of ether oxygens (including phenoxy) is 1. The summed E-state index contributed by atoms with van der Waals surface area (Å²) in [6.45, 7) is 7.17. The third-order valence-corrected chi connectivity index (χ3v) is 3.54. The lowest BCUT2D eigenvalue weighted by molar-refractivity contribution is -0.150. The number of hydrogen-bond donors (Lipinski definition) is 1. The second-order valence-corrected chi connectivity index (χ2v) is 4.77. The molecule has 1 rings (SSSR count). The fourth-order valence-corrected chi connectivity index (χ4v) is 2.46. The molecule has 0 aliphatic carbocycles. The molecule has 100 valence electrons. The van der Waals surface area contributed by atoms with Crippen LogP contribution in [0.5, 0.6) is 0 Å². The SMILES string of the molecule is CCCC(C(=O)OCC)N1CCC(CN)CC1. The van der Waals surface area contributed by atoms with E-state index >= 15 is 0 Å². The highest BCUT2D eigenvalue weighted by molar-refractivity contribution is 5.75. The van der Waals surface area contributed by atoms with Crippen molar-refractivity contribution in [1.82, 2.24) is 4.90 Å². The van der Waals surface area contributed by atoms with Crippen LogP contribution < -0.4 is 5.73 Å². The summed E-state index contributed by atoms with van der Waals surface area (Å²) >= 11 is 0. The highest BCUT2D eigenvalue weighted by Crippen LogP contribution is 2.20. The molecule has 1 atom stereocenters. The molecule has 0 aromatic rings. The van der Waals surface area contributed by atoms with Crippen molar-refractivity contribution in [3.05, 3.63) is 0 Å². The topological polar surface area (TPSA) is 55.6 Å². The van der Waals surface area contributed by atoms with Gasteiger partial charge in [-0.25, -0.2) is 0 Å². The Morgan fingerprint density at radius 1 is 1.41 bits per heavy atom. The first kappa shape index (κ1) is 14.5. The van der Waals surface area contributed by atoms with E-state index in [1.807, 2.05) is 6.92 Å². The summed E-state index contributed by atoms with van der Waals surface area (Å²) in [7, 11) is 0. The van der Waals surface area contributed by atoms with Crippen molar-refractivity contribution in [1.29, 1.82) is 0 Å². The lowest BCUT2D eigenvalue weighted by Crippen LogP contribution is -2.47. The van der Waals surface area contributed by atoms with Crippen molar-refractivity contribution in [3.63, 3.8) is 0 Å². The lowest BCUT2D eigenvalue weighted by atomic mass is 9.95. The summed E-state index contributed by atoms with van der Waals surface area (Å²) in [5.74, 6) is 0.580. The van der Waals surface area contributed by atoms with E-state index in [2.05, 4.69) is 11.8 Å². The van der Waals surface area contributed by atoms with E-state index in [0.717, 1.165) is 45.3 Å². The molecule has 1 aliphatic heterocycles. The molecule has 1 aliphatic rings. The van der Waals surface area contributed by atoms with Gasteiger partial charge >= 0.3 is 5.97 Å². The molecule has 0 aromatic heterocycles. The van der Waals surface area contributed by atoms with Gasteiger partial charge in [-0.3, -0.25) is 9.69 Å². The average molecular weight is 242 g/mol. The minimum atomic E-state index is -0.0550. The van der Waals surface area contributed by atoms with Gasteiger partial charge in [0.25, 0.3) is 0 Å². The third kappa shape index (κ3) is 4.28. The number of carbonyl (C=O) groups excluding carboxylic acids is 1. The van der Waals surface area contributed by atoms with E-state index in [1.54, 1.807) is 0 Å². The van der Waals surface area contributed by atoms with Crippen LogP contribution in [0.15, 0.2) is 0 Å². The van der Waals surface area contributed by atoms with Gasteiger partial charge in [0.05, 0.1) is 6.61 Å². The molecule has 0 spiro atoms. The number of likely N-dealkylation sites (tertiary alicyclic amines) is 1. The van der Waals surface area contributed by atoms with Crippen molar-refractivity contribution in [3.8, 4) is 0 Å². The first-order chi connectivity index (χ1) is 8.22. The molecule has 4 nitrogen and oxygen atoms in total. The Morgan fingerprint density at radius 3 is 2.53 bits per heavy atom. The van der Waals surface area contributed by atoms with Gasteiger partial charge in [0.1, 0.15) is 6.04 Å². The third-order valence-electron chi connectivity index (χ3n) is 3.54. The van der Waals surface area contributed by atoms with E-state index in [4.69, 9.17) is 10.5 Å². The molecule has 1 saturated heterocycles. The Hall–Kier alpha value is -0.610. The summed E-state index contributed by atoms with van der Waals surface area (Å²) in [6.07, 6.45) is 4.12. The van der Waals surface area contributed by atoms with Gasteiger partial charge in [0, 0.05) is 0 Å². The summed E-state index contributed by atoms with van der Waals surface area (Å²) in [4.78, 5) is 14.2. The van der Waals surface area contributed by atoms with Gasteiger partial charge < -0.3 is 10.5 Å². The van der Waals surface area contributed by atoms with E-state index in [0.29, 0.717) is 12.5 Å². The van der Waals surface area contributed by atoms with Crippen LogP contribution in [0.3, 0.4) is 0 Å². The Morgan fingerprint density at radius 2 is 2.06 bits per heavy atom. The van der Waals surface area contributed by atoms with Gasteiger partial charge in [-0.2, -0.15) is 0 Å². The van der Waals surface area contributed by atoms with E-state index in [-0.39, 0.29) is 12.0 Å². The average Bonchev–Trinajstić information content (AvgIpc) is 2.36. The second-order valence-electron chi connectivity index (χ2n) is 4.77. The monoisotopic (exact) mass is 242 g/mol. The highest BCUT2D eigenvalue weighted by atomic mass is 16.5. The molecular formula is C13H26N2O2. The van der Waals surface area contributed by atoms with Crippen LogP contribution in [-0.4, -0.2) is 43.2 Å². The van der Waals surface area contributed by atoms with Gasteiger partial charge in [-0.1, -0.05) is 13.3 Å². The van der Waals surface area contributed by atoms with Crippen molar-refractivity contribution >= 4 is 5.97 Å². The normalized spacial score (nSPS) is 20.2. The number of esters is 1.